The molecule has 1 aromatic heterocycles. The van der Waals surface area contributed by atoms with Crippen molar-refractivity contribution in [1.82, 2.24) is 18.8 Å². The Balaban J connectivity index is 1.32. The van der Waals surface area contributed by atoms with E-state index in [1.54, 1.807) is 18.2 Å². The Bertz CT molecular complexity index is 1340. The van der Waals surface area contributed by atoms with Crippen molar-refractivity contribution in [3.63, 3.8) is 0 Å². The van der Waals surface area contributed by atoms with E-state index in [1.165, 1.54) is 27.3 Å². The van der Waals surface area contributed by atoms with E-state index < -0.39 is 10.0 Å². The molecule has 4 rings (SSSR count). The summed E-state index contributed by atoms with van der Waals surface area (Å²) in [5.41, 5.74) is 2.05. The highest BCUT2D eigenvalue weighted by atomic mass is 32.2. The van der Waals surface area contributed by atoms with Crippen LogP contribution in [0.4, 0.5) is 5.69 Å². The molecular formula is C24H29N5O4S. The number of para-hydroxylation sites is 1. The first-order valence-corrected chi connectivity index (χ1v) is 12.7. The third-order valence-corrected chi connectivity index (χ3v) is 8.01. The van der Waals surface area contributed by atoms with Crippen LogP contribution in [-0.4, -0.2) is 66.3 Å². The zero-order valence-electron chi connectivity index (χ0n) is 19.4. The van der Waals surface area contributed by atoms with Crippen LogP contribution in [0, 0.1) is 6.92 Å². The molecule has 0 unspecified atom stereocenters. The lowest BCUT2D eigenvalue weighted by molar-refractivity contribution is -0.116. The minimum Gasteiger partial charge on any atom is -0.326 e. The number of sulfonamides is 1. The molecule has 2 heterocycles. The van der Waals surface area contributed by atoms with Crippen LogP contribution >= 0.6 is 0 Å². The minimum absolute atomic E-state index is 0.119. The summed E-state index contributed by atoms with van der Waals surface area (Å²) in [7, 11) is -1.57. The fraction of sp³-hybridized carbons (Fsp3) is 0.375. The first-order chi connectivity index (χ1) is 16.3. The van der Waals surface area contributed by atoms with Gasteiger partial charge in [-0.05, 0) is 56.3 Å². The van der Waals surface area contributed by atoms with Gasteiger partial charge in [-0.15, -0.1) is 0 Å². The Morgan fingerprint density at radius 1 is 1.06 bits per heavy atom. The molecule has 3 aromatic rings. The van der Waals surface area contributed by atoms with Crippen molar-refractivity contribution >= 4 is 32.5 Å². The molecule has 0 spiro atoms. The number of rotatable bonds is 7. The van der Waals surface area contributed by atoms with E-state index in [1.807, 2.05) is 26.1 Å². The number of amides is 1. The molecule has 1 aliphatic heterocycles. The summed E-state index contributed by atoms with van der Waals surface area (Å²) < 4.78 is 28.6. The summed E-state index contributed by atoms with van der Waals surface area (Å²) in [4.78, 5) is 31.7. The van der Waals surface area contributed by atoms with Gasteiger partial charge < -0.3 is 10.2 Å². The van der Waals surface area contributed by atoms with E-state index in [0.29, 0.717) is 55.7 Å². The van der Waals surface area contributed by atoms with Gasteiger partial charge in [-0.1, -0.05) is 12.1 Å². The van der Waals surface area contributed by atoms with E-state index in [2.05, 4.69) is 15.2 Å². The van der Waals surface area contributed by atoms with E-state index in [4.69, 9.17) is 0 Å². The van der Waals surface area contributed by atoms with E-state index in [0.717, 1.165) is 5.56 Å². The molecule has 9 nitrogen and oxygen atoms in total. The molecule has 0 radical (unpaired) electrons. The van der Waals surface area contributed by atoms with E-state index in [-0.39, 0.29) is 22.8 Å². The van der Waals surface area contributed by atoms with Gasteiger partial charge in [-0.2, -0.15) is 4.31 Å². The summed E-state index contributed by atoms with van der Waals surface area (Å²) in [6, 6.07) is 11.7. The third-order valence-electron chi connectivity index (χ3n) is 6.10. The van der Waals surface area contributed by atoms with Crippen LogP contribution in [0.5, 0.6) is 0 Å². The number of fused-ring (bicyclic) bond motifs is 1. The first-order valence-electron chi connectivity index (χ1n) is 11.3. The number of nitrogens with one attached hydrogen (secondary N) is 1. The van der Waals surface area contributed by atoms with Gasteiger partial charge in [-0.3, -0.25) is 14.2 Å². The molecular weight excluding hydrogens is 454 g/mol. The predicted octanol–water partition coefficient (Wildman–Crippen LogP) is 2.06. The Hall–Kier alpha value is -3.08. The van der Waals surface area contributed by atoms with E-state index in [9.17, 15) is 18.0 Å². The molecule has 2 aromatic carbocycles. The fourth-order valence-corrected chi connectivity index (χ4v) is 5.44. The highest BCUT2D eigenvalue weighted by Crippen LogP contribution is 2.20. The predicted molar refractivity (Wildman–Crippen MR) is 131 cm³/mol. The largest absolute Gasteiger partial charge is 0.326 e. The van der Waals surface area contributed by atoms with E-state index >= 15 is 0 Å². The highest BCUT2D eigenvalue weighted by Gasteiger charge is 2.27. The number of carbonyl (C=O) groups excluding carboxylic acids is 1. The van der Waals surface area contributed by atoms with Crippen molar-refractivity contribution in [2.24, 2.45) is 0 Å². The monoisotopic (exact) mass is 483 g/mol. The molecule has 0 atom stereocenters. The molecule has 0 saturated carbocycles. The Morgan fingerprint density at radius 3 is 2.47 bits per heavy atom. The fourth-order valence-electron chi connectivity index (χ4n) is 4.02. The number of carbonyl (C=O) groups is 1. The summed E-state index contributed by atoms with van der Waals surface area (Å²) in [6.45, 7) is 4.63. The maximum atomic E-state index is 12.8. The molecule has 1 saturated heterocycles. The Kier molecular flexibility index (Phi) is 7.11. The molecule has 1 fully saturated rings. The van der Waals surface area contributed by atoms with Crippen molar-refractivity contribution in [2.45, 2.75) is 31.2 Å². The van der Waals surface area contributed by atoms with Crippen LogP contribution in [0.25, 0.3) is 10.9 Å². The number of likely N-dealkylation sites (N-methyl/N-ethyl adjacent to an activating group) is 1. The second kappa shape index (κ2) is 10.0. The van der Waals surface area contributed by atoms with Gasteiger partial charge in [0.25, 0.3) is 5.56 Å². The quantitative estimate of drug-likeness (QED) is 0.552. The van der Waals surface area contributed by atoms with Gasteiger partial charge >= 0.3 is 0 Å². The number of benzene rings is 2. The molecule has 10 heteroatoms. The lowest BCUT2D eigenvalue weighted by Gasteiger charge is -2.31. The number of anilines is 1. The normalized spacial score (nSPS) is 15.5. The number of nitrogens with zero attached hydrogens (tertiary/aromatic N) is 4. The summed E-state index contributed by atoms with van der Waals surface area (Å²) in [5.74, 6) is -0.202. The van der Waals surface area contributed by atoms with Crippen LogP contribution < -0.4 is 10.9 Å². The Morgan fingerprint density at radius 2 is 1.76 bits per heavy atom. The topological polar surface area (TPSA) is 105 Å². The second-order valence-electron chi connectivity index (χ2n) is 8.60. The molecule has 0 aliphatic carbocycles. The third kappa shape index (κ3) is 5.19. The average molecular weight is 484 g/mol. The number of hydrogen-bond acceptors (Lipinski definition) is 6. The minimum atomic E-state index is -3.54. The average Bonchev–Trinajstić information content (AvgIpc) is 2.82. The smallest absolute Gasteiger partial charge is 0.261 e. The van der Waals surface area contributed by atoms with Crippen LogP contribution in [-0.2, 0) is 21.4 Å². The zero-order valence-corrected chi connectivity index (χ0v) is 20.2. The molecule has 0 bridgehead atoms. The molecule has 1 aliphatic rings. The number of piperazine rings is 1. The number of aromatic nitrogens is 2. The van der Waals surface area contributed by atoms with Crippen LogP contribution in [0.15, 0.2) is 58.5 Å². The SMILES string of the molecule is Cc1cccc2c(=O)n(CCCC(=O)Nc3ccc(S(=O)(=O)N4CCN(C)CC4)cc3)cnc12. The summed E-state index contributed by atoms with van der Waals surface area (Å²) >= 11 is 0. The van der Waals surface area contributed by atoms with Crippen molar-refractivity contribution in [2.75, 3.05) is 38.5 Å². The maximum absolute atomic E-state index is 12.8. The molecule has 1 amide bonds. The van der Waals surface area contributed by atoms with Gasteiger partial charge in [0.05, 0.1) is 22.1 Å². The van der Waals surface area contributed by atoms with Crippen LogP contribution in [0.1, 0.15) is 18.4 Å². The van der Waals surface area contributed by atoms with Gasteiger partial charge in [0.2, 0.25) is 15.9 Å². The van der Waals surface area contributed by atoms with Gasteiger partial charge in [0.15, 0.2) is 0 Å². The highest BCUT2D eigenvalue weighted by molar-refractivity contribution is 7.89. The van der Waals surface area contributed by atoms with Crippen molar-refractivity contribution in [1.29, 1.82) is 0 Å². The molecule has 34 heavy (non-hydrogen) atoms. The van der Waals surface area contributed by atoms with Crippen molar-refractivity contribution in [3.05, 3.63) is 64.7 Å². The van der Waals surface area contributed by atoms with Crippen molar-refractivity contribution in [3.8, 4) is 0 Å². The zero-order chi connectivity index (χ0) is 24.3. The summed E-state index contributed by atoms with van der Waals surface area (Å²) in [6.07, 6.45) is 2.22. The second-order valence-corrected chi connectivity index (χ2v) is 10.5. The number of aryl methyl sites for hydroxylation is 2. The van der Waals surface area contributed by atoms with Gasteiger partial charge in [-0.25, -0.2) is 13.4 Å². The summed E-state index contributed by atoms with van der Waals surface area (Å²) in [5, 5.41) is 3.35. The number of hydrogen-bond donors (Lipinski definition) is 1. The van der Waals surface area contributed by atoms with Crippen molar-refractivity contribution < 1.29 is 13.2 Å². The Labute approximate surface area is 199 Å². The van der Waals surface area contributed by atoms with Crippen LogP contribution in [0.2, 0.25) is 0 Å². The maximum Gasteiger partial charge on any atom is 0.261 e. The molecule has 1 N–H and O–H groups in total. The lowest BCUT2D eigenvalue weighted by atomic mass is 10.1. The van der Waals surface area contributed by atoms with Gasteiger partial charge in [0.1, 0.15) is 0 Å². The first kappa shape index (κ1) is 24.1. The molecule has 180 valence electrons. The van der Waals surface area contributed by atoms with Gasteiger partial charge in [0, 0.05) is 44.8 Å². The standard InChI is InChI=1S/C24H29N5O4S/c1-18-5-3-6-21-23(18)25-17-28(24(21)31)12-4-7-22(30)26-19-8-10-20(11-9-19)34(32,33)29-15-13-27(2)14-16-29/h3,5-6,8-11,17H,4,7,12-16H2,1-2H3,(H,26,30). The van der Waals surface area contributed by atoms with Crippen LogP contribution in [0.3, 0.4) is 0 Å². The lowest BCUT2D eigenvalue weighted by Crippen LogP contribution is -2.46.